The molecule has 3 aromatic rings. The number of likely N-dealkylation sites (tertiary alicyclic amines) is 1. The summed E-state index contributed by atoms with van der Waals surface area (Å²) in [5.41, 5.74) is 5.56. The van der Waals surface area contributed by atoms with Crippen LogP contribution in [-0.4, -0.2) is 32.3 Å². The van der Waals surface area contributed by atoms with Gasteiger partial charge in [0.2, 0.25) is 0 Å². The SMILES string of the molecule is Cc1ccc(C(=O)NCc2ccc(CN3CCCC3)cc2)cc1S(=O)(=O)Nc1cccc(C)c1C. The standard InChI is InChI=1S/C28H33N3O3S/c1-20-7-6-8-26(22(20)3)30-35(33,34)27-17-25(14-9-21(27)2)28(32)29-18-23-10-12-24(13-11-23)19-31-15-4-5-16-31/h6-14,17,30H,4-5,15-16,18-19H2,1-3H3,(H,29,32). The molecule has 35 heavy (non-hydrogen) atoms. The first kappa shape index (κ1) is 24.9. The zero-order valence-corrected chi connectivity index (χ0v) is 21.4. The predicted molar refractivity (Wildman–Crippen MR) is 140 cm³/mol. The van der Waals surface area contributed by atoms with E-state index in [1.54, 1.807) is 25.1 Å². The number of nitrogens with zero attached hydrogens (tertiary/aromatic N) is 1. The van der Waals surface area contributed by atoms with Gasteiger partial charge < -0.3 is 5.32 Å². The van der Waals surface area contributed by atoms with Crippen LogP contribution >= 0.6 is 0 Å². The monoisotopic (exact) mass is 491 g/mol. The van der Waals surface area contributed by atoms with Gasteiger partial charge in [-0.2, -0.15) is 0 Å². The van der Waals surface area contributed by atoms with Crippen LogP contribution in [0.3, 0.4) is 0 Å². The molecule has 3 aromatic carbocycles. The number of hydrogen-bond acceptors (Lipinski definition) is 4. The van der Waals surface area contributed by atoms with Crippen molar-refractivity contribution in [1.29, 1.82) is 0 Å². The van der Waals surface area contributed by atoms with E-state index in [0.29, 0.717) is 23.4 Å². The number of anilines is 1. The molecular formula is C28H33N3O3S. The lowest BCUT2D eigenvalue weighted by Crippen LogP contribution is -2.24. The third kappa shape index (κ3) is 6.10. The lowest BCUT2D eigenvalue weighted by Gasteiger charge is -2.15. The minimum atomic E-state index is -3.86. The van der Waals surface area contributed by atoms with E-state index in [1.165, 1.54) is 24.5 Å². The molecule has 0 aliphatic carbocycles. The molecule has 1 aliphatic rings. The number of benzene rings is 3. The normalized spacial score (nSPS) is 14.1. The second-order valence-corrected chi connectivity index (χ2v) is 11.0. The molecule has 1 saturated heterocycles. The van der Waals surface area contributed by atoms with Gasteiger partial charge in [0.1, 0.15) is 0 Å². The number of rotatable bonds is 8. The molecule has 1 fully saturated rings. The second-order valence-electron chi connectivity index (χ2n) is 9.32. The average Bonchev–Trinajstić information content (AvgIpc) is 3.34. The van der Waals surface area contributed by atoms with Gasteiger partial charge in [-0.15, -0.1) is 0 Å². The Labute approximate surface area is 208 Å². The summed E-state index contributed by atoms with van der Waals surface area (Å²) in [6.45, 7) is 9.19. The summed E-state index contributed by atoms with van der Waals surface area (Å²) in [5.74, 6) is -0.311. The lowest BCUT2D eigenvalue weighted by atomic mass is 10.1. The average molecular weight is 492 g/mol. The molecule has 0 atom stereocenters. The van der Waals surface area contributed by atoms with Crippen molar-refractivity contribution in [3.05, 3.63) is 94.0 Å². The summed E-state index contributed by atoms with van der Waals surface area (Å²) in [5, 5.41) is 2.91. The van der Waals surface area contributed by atoms with Crippen molar-refractivity contribution in [3.63, 3.8) is 0 Å². The van der Waals surface area contributed by atoms with E-state index in [0.717, 1.165) is 36.3 Å². The van der Waals surface area contributed by atoms with Crippen molar-refractivity contribution < 1.29 is 13.2 Å². The van der Waals surface area contributed by atoms with Gasteiger partial charge in [0.25, 0.3) is 15.9 Å². The van der Waals surface area contributed by atoms with Gasteiger partial charge >= 0.3 is 0 Å². The van der Waals surface area contributed by atoms with E-state index >= 15 is 0 Å². The minimum Gasteiger partial charge on any atom is -0.348 e. The molecule has 6 nitrogen and oxygen atoms in total. The quantitative estimate of drug-likeness (QED) is 0.468. The Morgan fingerprint density at radius 3 is 2.29 bits per heavy atom. The molecule has 1 heterocycles. The fraction of sp³-hybridized carbons (Fsp3) is 0.321. The van der Waals surface area contributed by atoms with Crippen LogP contribution in [0.1, 0.15) is 51.0 Å². The summed E-state index contributed by atoms with van der Waals surface area (Å²) in [6.07, 6.45) is 2.54. The first-order chi connectivity index (χ1) is 16.7. The maximum absolute atomic E-state index is 13.1. The highest BCUT2D eigenvalue weighted by Gasteiger charge is 2.20. The number of hydrogen-bond donors (Lipinski definition) is 2. The van der Waals surface area contributed by atoms with Crippen molar-refractivity contribution in [2.45, 2.75) is 51.6 Å². The largest absolute Gasteiger partial charge is 0.348 e. The zero-order valence-electron chi connectivity index (χ0n) is 20.6. The molecule has 0 unspecified atom stereocenters. The number of amides is 1. The van der Waals surface area contributed by atoms with Crippen LogP contribution in [0.15, 0.2) is 65.6 Å². The third-order valence-electron chi connectivity index (χ3n) is 6.67. The molecule has 0 aromatic heterocycles. The number of carbonyl (C=O) groups excluding carboxylic acids is 1. The maximum Gasteiger partial charge on any atom is 0.262 e. The summed E-state index contributed by atoms with van der Waals surface area (Å²) in [6, 6.07) is 18.5. The summed E-state index contributed by atoms with van der Waals surface area (Å²) in [7, 11) is -3.86. The highest BCUT2D eigenvalue weighted by atomic mass is 32.2. The van der Waals surface area contributed by atoms with Gasteiger partial charge in [0.05, 0.1) is 10.6 Å². The van der Waals surface area contributed by atoms with Crippen LogP contribution in [0.4, 0.5) is 5.69 Å². The summed E-state index contributed by atoms with van der Waals surface area (Å²) >= 11 is 0. The predicted octanol–water partition coefficient (Wildman–Crippen LogP) is 4.94. The lowest BCUT2D eigenvalue weighted by molar-refractivity contribution is 0.0950. The smallest absolute Gasteiger partial charge is 0.262 e. The van der Waals surface area contributed by atoms with Gasteiger partial charge in [-0.1, -0.05) is 42.5 Å². The molecular weight excluding hydrogens is 458 g/mol. The fourth-order valence-electron chi connectivity index (χ4n) is 4.34. The van der Waals surface area contributed by atoms with Crippen molar-refractivity contribution in [2.24, 2.45) is 0 Å². The molecule has 184 valence electrons. The van der Waals surface area contributed by atoms with Gasteiger partial charge in [0.15, 0.2) is 0 Å². The maximum atomic E-state index is 13.1. The molecule has 0 bridgehead atoms. The van der Waals surface area contributed by atoms with Crippen molar-refractivity contribution >= 4 is 21.6 Å². The molecule has 1 amide bonds. The Balaban J connectivity index is 1.43. The van der Waals surface area contributed by atoms with Crippen LogP contribution in [0, 0.1) is 20.8 Å². The van der Waals surface area contributed by atoms with E-state index in [-0.39, 0.29) is 10.8 Å². The van der Waals surface area contributed by atoms with E-state index < -0.39 is 10.0 Å². The number of carbonyl (C=O) groups is 1. The fourth-order valence-corrected chi connectivity index (χ4v) is 5.73. The number of nitrogens with one attached hydrogen (secondary N) is 2. The Morgan fingerprint density at radius 2 is 1.57 bits per heavy atom. The van der Waals surface area contributed by atoms with Crippen LogP contribution in [0.25, 0.3) is 0 Å². The van der Waals surface area contributed by atoms with Gasteiger partial charge in [-0.05, 0) is 92.7 Å². The summed E-state index contributed by atoms with van der Waals surface area (Å²) in [4.78, 5) is 15.4. The number of sulfonamides is 1. The molecule has 7 heteroatoms. The van der Waals surface area contributed by atoms with Crippen molar-refractivity contribution in [3.8, 4) is 0 Å². The Kier molecular flexibility index (Phi) is 7.57. The summed E-state index contributed by atoms with van der Waals surface area (Å²) < 4.78 is 29.0. The first-order valence-corrected chi connectivity index (χ1v) is 13.5. The first-order valence-electron chi connectivity index (χ1n) is 12.0. The molecule has 0 radical (unpaired) electrons. The van der Waals surface area contributed by atoms with E-state index in [1.807, 2.05) is 38.1 Å². The third-order valence-corrected chi connectivity index (χ3v) is 8.18. The highest BCUT2D eigenvalue weighted by Crippen LogP contribution is 2.24. The highest BCUT2D eigenvalue weighted by molar-refractivity contribution is 7.92. The van der Waals surface area contributed by atoms with Crippen LogP contribution in [0.2, 0.25) is 0 Å². The molecule has 1 aliphatic heterocycles. The Hall–Kier alpha value is -3.16. The molecule has 0 spiro atoms. The second kappa shape index (κ2) is 10.6. The van der Waals surface area contributed by atoms with E-state index in [9.17, 15) is 13.2 Å². The molecule has 2 N–H and O–H groups in total. The zero-order chi connectivity index (χ0) is 25.0. The van der Waals surface area contributed by atoms with Gasteiger partial charge in [-0.3, -0.25) is 14.4 Å². The Morgan fingerprint density at radius 1 is 0.886 bits per heavy atom. The molecule has 0 saturated carbocycles. The van der Waals surface area contributed by atoms with Gasteiger partial charge in [0, 0.05) is 18.7 Å². The van der Waals surface area contributed by atoms with Crippen LogP contribution in [-0.2, 0) is 23.1 Å². The van der Waals surface area contributed by atoms with Crippen molar-refractivity contribution in [2.75, 3.05) is 17.8 Å². The molecule has 4 rings (SSSR count). The van der Waals surface area contributed by atoms with Crippen LogP contribution < -0.4 is 10.0 Å². The van der Waals surface area contributed by atoms with Gasteiger partial charge in [-0.25, -0.2) is 8.42 Å². The number of aryl methyl sites for hydroxylation is 2. The minimum absolute atomic E-state index is 0.0947. The van der Waals surface area contributed by atoms with Crippen molar-refractivity contribution in [1.82, 2.24) is 10.2 Å². The topological polar surface area (TPSA) is 78.5 Å². The van der Waals surface area contributed by atoms with E-state index in [4.69, 9.17) is 0 Å². The van der Waals surface area contributed by atoms with E-state index in [2.05, 4.69) is 27.1 Å². The Bertz CT molecular complexity index is 1310. The van der Waals surface area contributed by atoms with Crippen LogP contribution in [0.5, 0.6) is 0 Å².